The number of benzene rings is 1. The molecule has 1 aliphatic rings. The Bertz CT molecular complexity index is 945. The van der Waals surface area contributed by atoms with Crippen LogP contribution in [0.1, 0.15) is 27.8 Å². The van der Waals surface area contributed by atoms with Gasteiger partial charge in [-0.2, -0.15) is 5.10 Å². The van der Waals surface area contributed by atoms with Gasteiger partial charge < -0.3 is 10.4 Å². The summed E-state index contributed by atoms with van der Waals surface area (Å²) in [7, 11) is 0. The fourth-order valence-electron chi connectivity index (χ4n) is 3.47. The van der Waals surface area contributed by atoms with Crippen LogP contribution in [0.4, 0.5) is 10.1 Å². The van der Waals surface area contributed by atoms with Crippen LogP contribution in [0.5, 0.6) is 0 Å². The van der Waals surface area contributed by atoms with Crippen molar-refractivity contribution in [3.05, 3.63) is 64.6 Å². The molecule has 146 valence electrons. The molecule has 2 atom stereocenters. The van der Waals surface area contributed by atoms with Crippen LogP contribution in [0, 0.1) is 5.82 Å². The lowest BCUT2D eigenvalue weighted by Gasteiger charge is -2.20. The van der Waals surface area contributed by atoms with Crippen molar-refractivity contribution >= 4 is 22.9 Å². The first-order chi connectivity index (χ1) is 13.6. The standard InChI is InChI=1S/C19H20FN5O2S/c20-14-3-1-2-13(6-14)19(27)23-15-8-22-25(9-15)16-7-17(12-26)24(10-16)11-18-21-4-5-28-18/h1-6,8-9,16-17,26H,7,10-12H2,(H,23,27)/t16-,17-/m0/s1. The minimum absolute atomic E-state index is 0.0448. The quantitative estimate of drug-likeness (QED) is 0.663. The van der Waals surface area contributed by atoms with Gasteiger partial charge in [0.25, 0.3) is 5.91 Å². The molecule has 4 rings (SSSR count). The van der Waals surface area contributed by atoms with Crippen molar-refractivity contribution in [1.29, 1.82) is 0 Å². The van der Waals surface area contributed by atoms with E-state index in [1.54, 1.807) is 36.0 Å². The van der Waals surface area contributed by atoms with Crippen LogP contribution in [-0.2, 0) is 6.54 Å². The van der Waals surface area contributed by atoms with Crippen LogP contribution in [0.2, 0.25) is 0 Å². The highest BCUT2D eigenvalue weighted by molar-refractivity contribution is 7.09. The molecular formula is C19H20FN5O2S. The maximum Gasteiger partial charge on any atom is 0.255 e. The first-order valence-electron chi connectivity index (χ1n) is 8.96. The molecule has 0 radical (unpaired) electrons. The molecule has 28 heavy (non-hydrogen) atoms. The molecule has 3 aromatic rings. The van der Waals surface area contributed by atoms with Crippen molar-refractivity contribution in [2.45, 2.75) is 25.0 Å². The first-order valence-corrected chi connectivity index (χ1v) is 9.84. The zero-order chi connectivity index (χ0) is 19.5. The molecular weight excluding hydrogens is 381 g/mol. The summed E-state index contributed by atoms with van der Waals surface area (Å²) in [6.07, 6.45) is 5.89. The van der Waals surface area contributed by atoms with Gasteiger partial charge in [0.1, 0.15) is 10.8 Å². The average Bonchev–Trinajstić information content (AvgIpc) is 3.43. The highest BCUT2D eigenvalue weighted by atomic mass is 32.1. The molecule has 0 aliphatic carbocycles. The number of amides is 1. The number of thiazole rings is 1. The Balaban J connectivity index is 1.41. The van der Waals surface area contributed by atoms with Crippen LogP contribution in [0.3, 0.4) is 0 Å². The van der Waals surface area contributed by atoms with Gasteiger partial charge in [-0.3, -0.25) is 14.4 Å². The van der Waals surface area contributed by atoms with E-state index in [1.807, 2.05) is 10.1 Å². The number of likely N-dealkylation sites (tertiary alicyclic amines) is 1. The molecule has 7 nitrogen and oxygen atoms in total. The van der Waals surface area contributed by atoms with E-state index in [0.29, 0.717) is 12.2 Å². The van der Waals surface area contributed by atoms with Crippen LogP contribution >= 0.6 is 11.3 Å². The second-order valence-electron chi connectivity index (χ2n) is 6.75. The molecule has 1 amide bonds. The third-order valence-corrected chi connectivity index (χ3v) is 5.62. The average molecular weight is 401 g/mol. The lowest BCUT2D eigenvalue weighted by molar-refractivity contribution is 0.102. The molecule has 0 bridgehead atoms. The van der Waals surface area contributed by atoms with E-state index in [-0.39, 0.29) is 30.2 Å². The number of aliphatic hydroxyl groups excluding tert-OH is 1. The highest BCUT2D eigenvalue weighted by Gasteiger charge is 2.33. The van der Waals surface area contributed by atoms with Crippen molar-refractivity contribution < 1.29 is 14.3 Å². The Morgan fingerprint density at radius 1 is 1.43 bits per heavy atom. The number of nitrogens with zero attached hydrogens (tertiary/aromatic N) is 4. The largest absolute Gasteiger partial charge is 0.395 e. The third-order valence-electron chi connectivity index (χ3n) is 4.86. The van der Waals surface area contributed by atoms with Crippen LogP contribution < -0.4 is 5.32 Å². The van der Waals surface area contributed by atoms with Gasteiger partial charge >= 0.3 is 0 Å². The number of aromatic nitrogens is 3. The summed E-state index contributed by atoms with van der Waals surface area (Å²) < 4.78 is 15.1. The second kappa shape index (κ2) is 8.17. The predicted octanol–water partition coefficient (Wildman–Crippen LogP) is 2.54. The maximum absolute atomic E-state index is 13.3. The highest BCUT2D eigenvalue weighted by Crippen LogP contribution is 2.29. The number of carbonyl (C=O) groups excluding carboxylic acids is 1. The smallest absolute Gasteiger partial charge is 0.255 e. The summed E-state index contributed by atoms with van der Waals surface area (Å²) in [6.45, 7) is 1.51. The van der Waals surface area contributed by atoms with Gasteiger partial charge in [0.15, 0.2) is 0 Å². The monoisotopic (exact) mass is 401 g/mol. The summed E-state index contributed by atoms with van der Waals surface area (Å²) in [5.74, 6) is -0.839. The summed E-state index contributed by atoms with van der Waals surface area (Å²) in [4.78, 5) is 18.8. The van der Waals surface area contributed by atoms with Gasteiger partial charge in [0, 0.05) is 35.9 Å². The summed E-state index contributed by atoms with van der Waals surface area (Å²) in [5, 5.41) is 19.8. The molecule has 2 aromatic heterocycles. The van der Waals surface area contributed by atoms with Gasteiger partial charge in [-0.1, -0.05) is 6.07 Å². The second-order valence-corrected chi connectivity index (χ2v) is 7.73. The molecule has 0 spiro atoms. The lowest BCUT2D eigenvalue weighted by atomic mass is 10.2. The summed E-state index contributed by atoms with van der Waals surface area (Å²) in [6, 6.07) is 5.68. The molecule has 2 N–H and O–H groups in total. The van der Waals surface area contributed by atoms with Crippen LogP contribution in [0.15, 0.2) is 48.2 Å². The van der Waals surface area contributed by atoms with Crippen LogP contribution in [0.25, 0.3) is 0 Å². The molecule has 0 saturated carbocycles. The fraction of sp³-hybridized carbons (Fsp3) is 0.316. The molecule has 1 aliphatic heterocycles. The minimum atomic E-state index is -0.454. The molecule has 1 saturated heterocycles. The topological polar surface area (TPSA) is 83.3 Å². The van der Waals surface area contributed by atoms with Crippen molar-refractivity contribution in [2.24, 2.45) is 0 Å². The molecule has 1 aromatic carbocycles. The Hall–Kier alpha value is -2.62. The van der Waals surface area contributed by atoms with E-state index in [9.17, 15) is 14.3 Å². The van der Waals surface area contributed by atoms with Gasteiger partial charge in [0.05, 0.1) is 31.1 Å². The number of anilines is 1. The number of hydrogen-bond donors (Lipinski definition) is 2. The van der Waals surface area contributed by atoms with Crippen molar-refractivity contribution in [3.63, 3.8) is 0 Å². The number of hydrogen-bond acceptors (Lipinski definition) is 6. The Morgan fingerprint density at radius 3 is 3.07 bits per heavy atom. The van der Waals surface area contributed by atoms with E-state index in [4.69, 9.17) is 0 Å². The number of halogens is 1. The summed E-state index contributed by atoms with van der Waals surface area (Å²) >= 11 is 1.60. The number of nitrogens with one attached hydrogen (secondary N) is 1. The van der Waals surface area contributed by atoms with Gasteiger partial charge in [-0.05, 0) is 24.6 Å². The lowest BCUT2D eigenvalue weighted by Crippen LogP contribution is -2.31. The molecule has 9 heteroatoms. The maximum atomic E-state index is 13.3. The first kappa shape index (κ1) is 18.7. The molecule has 1 fully saturated rings. The Morgan fingerprint density at radius 2 is 2.32 bits per heavy atom. The van der Waals surface area contributed by atoms with Gasteiger partial charge in [-0.25, -0.2) is 9.37 Å². The van der Waals surface area contributed by atoms with Crippen molar-refractivity contribution in [3.8, 4) is 0 Å². The number of carbonyl (C=O) groups is 1. The summed E-state index contributed by atoms with van der Waals surface area (Å²) in [5.41, 5.74) is 0.803. The number of aliphatic hydroxyl groups is 1. The Labute approximate surface area is 165 Å². The van der Waals surface area contributed by atoms with Gasteiger partial charge in [-0.15, -0.1) is 11.3 Å². The van der Waals surface area contributed by atoms with E-state index in [2.05, 4.69) is 20.3 Å². The van der Waals surface area contributed by atoms with E-state index < -0.39 is 5.82 Å². The predicted molar refractivity (Wildman–Crippen MR) is 104 cm³/mol. The van der Waals surface area contributed by atoms with E-state index in [1.165, 1.54) is 18.2 Å². The van der Waals surface area contributed by atoms with Crippen LogP contribution in [-0.4, -0.2) is 49.9 Å². The van der Waals surface area contributed by atoms with Gasteiger partial charge in [0.2, 0.25) is 0 Å². The van der Waals surface area contributed by atoms with E-state index >= 15 is 0 Å². The normalized spacial score (nSPS) is 19.8. The zero-order valence-corrected chi connectivity index (χ0v) is 15.8. The number of rotatable bonds is 6. The molecule has 0 unspecified atom stereocenters. The Kier molecular flexibility index (Phi) is 5.47. The fourth-order valence-corrected chi connectivity index (χ4v) is 4.11. The molecule has 3 heterocycles. The zero-order valence-electron chi connectivity index (χ0n) is 15.0. The SMILES string of the molecule is O=C(Nc1cnn([C@H]2C[C@@H](CO)N(Cc3nccs3)C2)c1)c1cccc(F)c1. The van der Waals surface area contributed by atoms with E-state index in [0.717, 1.165) is 18.0 Å². The van der Waals surface area contributed by atoms with Crippen molar-refractivity contribution in [2.75, 3.05) is 18.5 Å². The minimum Gasteiger partial charge on any atom is -0.395 e. The van der Waals surface area contributed by atoms with Crippen molar-refractivity contribution in [1.82, 2.24) is 19.7 Å². The third kappa shape index (κ3) is 4.11.